The van der Waals surface area contributed by atoms with Crippen molar-refractivity contribution in [2.75, 3.05) is 19.6 Å². The van der Waals surface area contributed by atoms with Crippen molar-refractivity contribution in [3.05, 3.63) is 24.0 Å². The molecule has 1 aliphatic heterocycles. The zero-order valence-corrected chi connectivity index (χ0v) is 12.8. The second-order valence-corrected chi connectivity index (χ2v) is 6.16. The average molecular weight is 277 g/mol. The van der Waals surface area contributed by atoms with Crippen LogP contribution in [0.2, 0.25) is 0 Å². The standard InChI is InChI=1S/C16H27N3O/c1-14(2)10-17-11-15-6-9-18(12-15)13-16(20)19-7-4-3-5-8-19/h6,9,12,14,17H,3-5,7-8,10-11,13H2,1-2H3. The Balaban J connectivity index is 1.78. The van der Waals surface area contributed by atoms with E-state index in [2.05, 4.69) is 31.4 Å². The molecular weight excluding hydrogens is 250 g/mol. The van der Waals surface area contributed by atoms with Crippen LogP contribution in [0.25, 0.3) is 0 Å². The van der Waals surface area contributed by atoms with Gasteiger partial charge in [-0.2, -0.15) is 0 Å². The number of hydrogen-bond donors (Lipinski definition) is 1. The molecule has 4 nitrogen and oxygen atoms in total. The van der Waals surface area contributed by atoms with Crippen molar-refractivity contribution in [3.8, 4) is 0 Å². The lowest BCUT2D eigenvalue weighted by Gasteiger charge is -2.26. The van der Waals surface area contributed by atoms with E-state index in [1.807, 2.05) is 15.7 Å². The number of hydrogen-bond acceptors (Lipinski definition) is 2. The predicted octanol–water partition coefficient (Wildman–Crippen LogP) is 2.25. The lowest BCUT2D eigenvalue weighted by Crippen LogP contribution is -2.37. The van der Waals surface area contributed by atoms with Gasteiger partial charge in [0.05, 0.1) is 0 Å². The van der Waals surface area contributed by atoms with E-state index in [9.17, 15) is 4.79 Å². The van der Waals surface area contributed by atoms with E-state index in [0.717, 1.165) is 39.0 Å². The Morgan fingerprint density at radius 1 is 1.30 bits per heavy atom. The Hall–Kier alpha value is -1.29. The average Bonchev–Trinajstić information content (AvgIpc) is 2.87. The van der Waals surface area contributed by atoms with Crippen molar-refractivity contribution in [1.82, 2.24) is 14.8 Å². The molecule has 1 amide bonds. The number of piperidine rings is 1. The number of nitrogens with zero attached hydrogens (tertiary/aromatic N) is 2. The Morgan fingerprint density at radius 3 is 2.75 bits per heavy atom. The van der Waals surface area contributed by atoms with Gasteiger partial charge in [0.2, 0.25) is 5.91 Å². The number of rotatable bonds is 6. The third-order valence-corrected chi connectivity index (χ3v) is 3.72. The molecule has 20 heavy (non-hydrogen) atoms. The summed E-state index contributed by atoms with van der Waals surface area (Å²) < 4.78 is 2.00. The number of amides is 1. The summed E-state index contributed by atoms with van der Waals surface area (Å²) in [5, 5.41) is 3.42. The largest absolute Gasteiger partial charge is 0.345 e. The number of likely N-dealkylation sites (tertiary alicyclic amines) is 1. The zero-order valence-electron chi connectivity index (χ0n) is 12.8. The van der Waals surface area contributed by atoms with Crippen LogP contribution in [0.3, 0.4) is 0 Å². The molecular formula is C16H27N3O. The minimum Gasteiger partial charge on any atom is -0.345 e. The molecule has 1 aromatic rings. The van der Waals surface area contributed by atoms with E-state index >= 15 is 0 Å². The molecule has 0 aromatic carbocycles. The van der Waals surface area contributed by atoms with Gasteiger partial charge in [0.1, 0.15) is 6.54 Å². The van der Waals surface area contributed by atoms with Crippen LogP contribution in [-0.2, 0) is 17.9 Å². The molecule has 112 valence electrons. The highest BCUT2D eigenvalue weighted by atomic mass is 16.2. The summed E-state index contributed by atoms with van der Waals surface area (Å²) in [6.45, 7) is 8.65. The van der Waals surface area contributed by atoms with Gasteiger partial charge in [-0.15, -0.1) is 0 Å². The van der Waals surface area contributed by atoms with Gasteiger partial charge in [0, 0.05) is 32.0 Å². The van der Waals surface area contributed by atoms with Crippen LogP contribution < -0.4 is 5.32 Å². The van der Waals surface area contributed by atoms with E-state index in [0.29, 0.717) is 12.5 Å². The molecule has 0 bridgehead atoms. The second kappa shape index (κ2) is 7.48. The summed E-state index contributed by atoms with van der Waals surface area (Å²) in [5.41, 5.74) is 1.25. The molecule has 0 aliphatic carbocycles. The highest BCUT2D eigenvalue weighted by Crippen LogP contribution is 2.10. The highest BCUT2D eigenvalue weighted by Gasteiger charge is 2.16. The zero-order chi connectivity index (χ0) is 14.4. The second-order valence-electron chi connectivity index (χ2n) is 6.16. The highest BCUT2D eigenvalue weighted by molar-refractivity contribution is 5.76. The van der Waals surface area contributed by atoms with Gasteiger partial charge < -0.3 is 14.8 Å². The Kier molecular flexibility index (Phi) is 5.65. The molecule has 0 radical (unpaired) electrons. The fraction of sp³-hybridized carbons (Fsp3) is 0.688. The van der Waals surface area contributed by atoms with Crippen molar-refractivity contribution < 1.29 is 4.79 Å². The number of carbonyl (C=O) groups excluding carboxylic acids is 1. The van der Waals surface area contributed by atoms with Gasteiger partial charge in [-0.25, -0.2) is 0 Å². The third kappa shape index (κ3) is 4.67. The third-order valence-electron chi connectivity index (χ3n) is 3.72. The maximum absolute atomic E-state index is 12.2. The molecule has 4 heteroatoms. The first kappa shape index (κ1) is 15.1. The van der Waals surface area contributed by atoms with Gasteiger partial charge in [-0.1, -0.05) is 13.8 Å². The van der Waals surface area contributed by atoms with Crippen molar-refractivity contribution >= 4 is 5.91 Å². The van der Waals surface area contributed by atoms with Crippen LogP contribution in [-0.4, -0.2) is 35.0 Å². The van der Waals surface area contributed by atoms with Gasteiger partial charge >= 0.3 is 0 Å². The molecule has 1 saturated heterocycles. The van der Waals surface area contributed by atoms with Crippen molar-refractivity contribution in [3.63, 3.8) is 0 Å². The summed E-state index contributed by atoms with van der Waals surface area (Å²) in [7, 11) is 0. The van der Waals surface area contributed by atoms with Crippen molar-refractivity contribution in [2.45, 2.75) is 46.2 Å². The lowest BCUT2D eigenvalue weighted by molar-refractivity contribution is -0.132. The molecule has 0 unspecified atom stereocenters. The Morgan fingerprint density at radius 2 is 2.05 bits per heavy atom. The monoisotopic (exact) mass is 277 g/mol. The first-order chi connectivity index (χ1) is 9.65. The van der Waals surface area contributed by atoms with E-state index in [4.69, 9.17) is 0 Å². The minimum absolute atomic E-state index is 0.252. The number of carbonyl (C=O) groups is 1. The summed E-state index contributed by atoms with van der Waals surface area (Å²) in [5.74, 6) is 0.916. The smallest absolute Gasteiger partial charge is 0.242 e. The molecule has 2 heterocycles. The van der Waals surface area contributed by atoms with Crippen LogP contribution >= 0.6 is 0 Å². The molecule has 0 spiro atoms. The molecule has 1 fully saturated rings. The van der Waals surface area contributed by atoms with Gasteiger partial charge in [0.25, 0.3) is 0 Å². The fourth-order valence-corrected chi connectivity index (χ4v) is 2.60. The maximum atomic E-state index is 12.2. The van der Waals surface area contributed by atoms with Crippen LogP contribution in [0.15, 0.2) is 18.5 Å². The van der Waals surface area contributed by atoms with E-state index in [-0.39, 0.29) is 5.91 Å². The van der Waals surface area contributed by atoms with Gasteiger partial charge in [0.15, 0.2) is 0 Å². The predicted molar refractivity (Wildman–Crippen MR) is 81.4 cm³/mol. The topological polar surface area (TPSA) is 37.3 Å². The summed E-state index contributed by atoms with van der Waals surface area (Å²) in [6.07, 6.45) is 7.66. The van der Waals surface area contributed by atoms with Crippen LogP contribution in [0.1, 0.15) is 38.7 Å². The number of nitrogens with one attached hydrogen (secondary N) is 1. The quantitative estimate of drug-likeness (QED) is 0.866. The van der Waals surface area contributed by atoms with Crippen molar-refractivity contribution in [2.24, 2.45) is 5.92 Å². The number of aromatic nitrogens is 1. The SMILES string of the molecule is CC(C)CNCc1ccn(CC(=O)N2CCCCC2)c1. The van der Waals surface area contributed by atoms with E-state index < -0.39 is 0 Å². The van der Waals surface area contributed by atoms with Crippen LogP contribution in [0, 0.1) is 5.92 Å². The molecule has 0 atom stereocenters. The molecule has 1 aromatic heterocycles. The summed E-state index contributed by atoms with van der Waals surface area (Å²) in [6, 6.07) is 2.09. The van der Waals surface area contributed by atoms with E-state index in [1.165, 1.54) is 12.0 Å². The maximum Gasteiger partial charge on any atom is 0.242 e. The van der Waals surface area contributed by atoms with Gasteiger partial charge in [-0.3, -0.25) is 4.79 Å². The Bertz CT molecular complexity index is 419. The Labute approximate surface area is 122 Å². The molecule has 1 N–H and O–H groups in total. The first-order valence-corrected chi connectivity index (χ1v) is 7.78. The first-order valence-electron chi connectivity index (χ1n) is 7.78. The van der Waals surface area contributed by atoms with Crippen LogP contribution in [0.4, 0.5) is 0 Å². The van der Waals surface area contributed by atoms with Crippen LogP contribution in [0.5, 0.6) is 0 Å². The van der Waals surface area contributed by atoms with Gasteiger partial charge in [-0.05, 0) is 43.4 Å². The molecule has 0 saturated carbocycles. The fourth-order valence-electron chi connectivity index (χ4n) is 2.60. The van der Waals surface area contributed by atoms with Crippen molar-refractivity contribution in [1.29, 1.82) is 0 Å². The normalized spacial score (nSPS) is 15.8. The lowest BCUT2D eigenvalue weighted by atomic mass is 10.1. The molecule has 1 aliphatic rings. The summed E-state index contributed by atoms with van der Waals surface area (Å²) >= 11 is 0. The molecule has 2 rings (SSSR count). The van der Waals surface area contributed by atoms with E-state index in [1.54, 1.807) is 0 Å². The minimum atomic E-state index is 0.252. The summed E-state index contributed by atoms with van der Waals surface area (Å²) in [4.78, 5) is 14.2.